The lowest BCUT2D eigenvalue weighted by Gasteiger charge is -1.97. The summed E-state index contributed by atoms with van der Waals surface area (Å²) in [4.78, 5) is 0. The molecule has 0 fully saturated rings. The molecule has 0 heteroatoms. The van der Waals surface area contributed by atoms with Gasteiger partial charge in [0.25, 0.3) is 0 Å². The molecule has 0 aromatic carbocycles. The van der Waals surface area contributed by atoms with Crippen molar-refractivity contribution in [3.05, 3.63) is 24.8 Å². The van der Waals surface area contributed by atoms with Gasteiger partial charge < -0.3 is 0 Å². The quantitative estimate of drug-likeness (QED) is 0.262. The number of hydrogen-bond donors (Lipinski definition) is 0. The maximum absolute atomic E-state index is 5.33. The second kappa shape index (κ2) is 15.5. The standard InChI is InChI=1S/C17H31/c1-3-5-7-9-11-13-15-17-16-14-12-10-8-6-4-2/h1,3,16-17H,4-15H2,2H3/b3-1?,17-16+. The van der Waals surface area contributed by atoms with E-state index >= 15 is 0 Å². The van der Waals surface area contributed by atoms with Crippen molar-refractivity contribution in [2.24, 2.45) is 0 Å². The van der Waals surface area contributed by atoms with Crippen molar-refractivity contribution in [1.82, 2.24) is 0 Å². The molecule has 0 bridgehead atoms. The number of allylic oxidation sites excluding steroid dienone is 3. The van der Waals surface area contributed by atoms with E-state index in [4.69, 9.17) is 6.58 Å². The molecule has 17 heavy (non-hydrogen) atoms. The minimum Gasteiger partial charge on any atom is -0.0885 e. The molecule has 0 unspecified atom stereocenters. The highest BCUT2D eigenvalue weighted by Gasteiger charge is 1.88. The Morgan fingerprint density at radius 3 is 1.59 bits per heavy atom. The minimum atomic E-state index is 1.08. The van der Waals surface area contributed by atoms with E-state index in [2.05, 4.69) is 19.1 Å². The van der Waals surface area contributed by atoms with E-state index in [1.807, 2.05) is 0 Å². The van der Waals surface area contributed by atoms with Crippen LogP contribution in [0.5, 0.6) is 0 Å². The molecule has 0 atom stereocenters. The molecule has 99 valence electrons. The van der Waals surface area contributed by atoms with Crippen LogP contribution in [0.4, 0.5) is 0 Å². The molecule has 0 aliphatic carbocycles. The molecule has 0 aliphatic rings. The van der Waals surface area contributed by atoms with Crippen LogP contribution in [-0.2, 0) is 0 Å². The molecule has 0 nitrogen and oxygen atoms in total. The zero-order valence-electron chi connectivity index (χ0n) is 11.8. The number of unbranched alkanes of at least 4 members (excludes halogenated alkanes) is 10. The smallest absolute Gasteiger partial charge is 0.0348 e. The molecule has 0 rings (SSSR count). The highest BCUT2D eigenvalue weighted by atomic mass is 13.9. The van der Waals surface area contributed by atoms with Crippen molar-refractivity contribution in [3.63, 3.8) is 0 Å². The average Bonchev–Trinajstić information content (AvgIpc) is 2.35. The van der Waals surface area contributed by atoms with Gasteiger partial charge in [0.05, 0.1) is 0 Å². The van der Waals surface area contributed by atoms with Crippen LogP contribution < -0.4 is 0 Å². The Morgan fingerprint density at radius 2 is 1.12 bits per heavy atom. The van der Waals surface area contributed by atoms with Gasteiger partial charge in [-0.3, -0.25) is 0 Å². The molecular formula is C17H31. The zero-order chi connectivity index (χ0) is 12.6. The summed E-state index contributed by atoms with van der Waals surface area (Å²) in [5.74, 6) is 0. The highest BCUT2D eigenvalue weighted by Crippen LogP contribution is 2.08. The first kappa shape index (κ1) is 16.5. The van der Waals surface area contributed by atoms with E-state index < -0.39 is 0 Å². The van der Waals surface area contributed by atoms with Crippen molar-refractivity contribution in [1.29, 1.82) is 0 Å². The van der Waals surface area contributed by atoms with Gasteiger partial charge in [0.15, 0.2) is 0 Å². The number of rotatable bonds is 13. The van der Waals surface area contributed by atoms with Crippen LogP contribution in [0.3, 0.4) is 0 Å². The Kier molecular flexibility index (Phi) is 15.0. The lowest BCUT2D eigenvalue weighted by molar-refractivity contribution is 0.635. The minimum absolute atomic E-state index is 1.08. The van der Waals surface area contributed by atoms with Crippen LogP contribution in [0, 0.1) is 6.58 Å². The van der Waals surface area contributed by atoms with Crippen molar-refractivity contribution in [2.75, 3.05) is 0 Å². The molecule has 0 aliphatic heterocycles. The summed E-state index contributed by atoms with van der Waals surface area (Å²) < 4.78 is 0. The Bertz CT molecular complexity index is 167. The van der Waals surface area contributed by atoms with E-state index in [0.717, 1.165) is 6.42 Å². The van der Waals surface area contributed by atoms with Gasteiger partial charge in [-0.05, 0) is 38.5 Å². The molecule has 1 radical (unpaired) electrons. The fourth-order valence-electron chi connectivity index (χ4n) is 1.98. The lowest BCUT2D eigenvalue weighted by Crippen LogP contribution is -1.77. The fourth-order valence-corrected chi connectivity index (χ4v) is 1.98. The summed E-state index contributed by atoms with van der Waals surface area (Å²) in [6.45, 7) is 7.60. The van der Waals surface area contributed by atoms with Crippen molar-refractivity contribution < 1.29 is 0 Å². The van der Waals surface area contributed by atoms with E-state index in [9.17, 15) is 0 Å². The molecule has 0 aromatic heterocycles. The summed E-state index contributed by atoms with van der Waals surface area (Å²) in [6, 6.07) is 0. The Hall–Kier alpha value is -0.520. The van der Waals surface area contributed by atoms with Crippen molar-refractivity contribution >= 4 is 0 Å². The van der Waals surface area contributed by atoms with Gasteiger partial charge in [0, 0.05) is 0 Å². The second-order valence-corrected chi connectivity index (χ2v) is 4.90. The average molecular weight is 235 g/mol. The van der Waals surface area contributed by atoms with Gasteiger partial charge in [-0.1, -0.05) is 70.3 Å². The molecule has 0 spiro atoms. The van der Waals surface area contributed by atoms with Gasteiger partial charge in [-0.2, -0.15) is 0 Å². The first-order chi connectivity index (χ1) is 8.41. The lowest BCUT2D eigenvalue weighted by atomic mass is 10.1. The first-order valence-corrected chi connectivity index (χ1v) is 7.60. The third-order valence-corrected chi connectivity index (χ3v) is 3.13. The van der Waals surface area contributed by atoms with Gasteiger partial charge in [0.2, 0.25) is 0 Å². The van der Waals surface area contributed by atoms with Gasteiger partial charge in [0.1, 0.15) is 0 Å². The van der Waals surface area contributed by atoms with Crippen LogP contribution in [-0.4, -0.2) is 0 Å². The Morgan fingerprint density at radius 1 is 0.647 bits per heavy atom. The molecule has 0 N–H and O–H groups in total. The van der Waals surface area contributed by atoms with E-state index in [-0.39, 0.29) is 0 Å². The van der Waals surface area contributed by atoms with E-state index in [1.54, 1.807) is 6.08 Å². The largest absolute Gasteiger partial charge is 0.0885 e. The normalized spacial score (nSPS) is 11.1. The maximum atomic E-state index is 5.33. The molecular weight excluding hydrogens is 204 g/mol. The monoisotopic (exact) mass is 235 g/mol. The topological polar surface area (TPSA) is 0 Å². The van der Waals surface area contributed by atoms with Crippen LogP contribution in [0.15, 0.2) is 18.2 Å². The summed E-state index contributed by atoms with van der Waals surface area (Å²) in [5.41, 5.74) is 0. The van der Waals surface area contributed by atoms with Crippen LogP contribution in [0.25, 0.3) is 0 Å². The van der Waals surface area contributed by atoms with Crippen molar-refractivity contribution in [2.45, 2.75) is 84.0 Å². The van der Waals surface area contributed by atoms with Gasteiger partial charge in [-0.15, -0.1) is 0 Å². The van der Waals surface area contributed by atoms with Gasteiger partial charge >= 0.3 is 0 Å². The molecule has 0 aromatic rings. The van der Waals surface area contributed by atoms with Crippen LogP contribution in [0.1, 0.15) is 84.0 Å². The van der Waals surface area contributed by atoms with Gasteiger partial charge in [-0.25, -0.2) is 0 Å². The zero-order valence-corrected chi connectivity index (χ0v) is 11.8. The molecule has 0 amide bonds. The summed E-state index contributed by atoms with van der Waals surface area (Å²) >= 11 is 0. The SMILES string of the molecule is [CH]=CCCCCCC/C=C/CCCCCCC. The first-order valence-electron chi connectivity index (χ1n) is 7.60. The predicted molar refractivity (Wildman–Crippen MR) is 79.1 cm³/mol. The van der Waals surface area contributed by atoms with E-state index in [0.29, 0.717) is 0 Å². The number of hydrogen-bond acceptors (Lipinski definition) is 0. The second-order valence-electron chi connectivity index (χ2n) is 4.90. The van der Waals surface area contributed by atoms with E-state index in [1.165, 1.54) is 70.6 Å². The third-order valence-electron chi connectivity index (χ3n) is 3.13. The van der Waals surface area contributed by atoms with Crippen LogP contribution in [0.2, 0.25) is 0 Å². The van der Waals surface area contributed by atoms with Crippen molar-refractivity contribution in [3.8, 4) is 0 Å². The summed E-state index contributed by atoms with van der Waals surface area (Å²) in [7, 11) is 0. The third kappa shape index (κ3) is 15.5. The highest BCUT2D eigenvalue weighted by molar-refractivity contribution is 4.81. The molecule has 0 heterocycles. The van der Waals surface area contributed by atoms with Crippen LogP contribution >= 0.6 is 0 Å². The molecule has 0 saturated heterocycles. The predicted octanol–water partition coefficient (Wildman–Crippen LogP) is 6.23. The fraction of sp³-hybridized carbons (Fsp3) is 0.765. The summed E-state index contributed by atoms with van der Waals surface area (Å²) in [6.07, 6.45) is 22.4. The maximum Gasteiger partial charge on any atom is -0.0348 e. The summed E-state index contributed by atoms with van der Waals surface area (Å²) in [5, 5.41) is 0. The Labute approximate surface area is 109 Å². The Balaban J connectivity index is 3.01. The molecule has 0 saturated carbocycles.